The minimum atomic E-state index is -1.10. The summed E-state index contributed by atoms with van der Waals surface area (Å²) in [6, 6.07) is 1.63. The molecule has 24 heavy (non-hydrogen) atoms. The molecule has 1 aromatic carbocycles. The Hall–Kier alpha value is -1.24. The molecule has 7 heteroatoms. The topological polar surface area (TPSA) is 41.6 Å². The third-order valence-corrected chi connectivity index (χ3v) is 4.52. The maximum absolute atomic E-state index is 13.3. The van der Waals surface area contributed by atoms with Crippen LogP contribution >= 0.6 is 11.6 Å². The molecule has 2 atom stereocenters. The number of amides is 1. The van der Waals surface area contributed by atoms with Gasteiger partial charge in [-0.25, -0.2) is 8.78 Å². The second-order valence-corrected chi connectivity index (χ2v) is 7.31. The van der Waals surface area contributed by atoms with Gasteiger partial charge in [-0.2, -0.15) is 0 Å². The SMILES string of the molecule is C[C@@H]1CN(C(C)(C)CNC(=O)c2cc(F)c(F)cc2Cl)C[C@H](C)O1. The minimum Gasteiger partial charge on any atom is -0.373 e. The highest BCUT2D eigenvalue weighted by atomic mass is 35.5. The predicted molar refractivity (Wildman–Crippen MR) is 89.4 cm³/mol. The molecule has 0 unspecified atom stereocenters. The molecule has 0 saturated carbocycles. The van der Waals surface area contributed by atoms with Gasteiger partial charge in [0.25, 0.3) is 5.91 Å². The van der Waals surface area contributed by atoms with Crippen molar-refractivity contribution in [3.63, 3.8) is 0 Å². The van der Waals surface area contributed by atoms with Crippen molar-refractivity contribution in [3.8, 4) is 0 Å². The second-order valence-electron chi connectivity index (χ2n) is 6.90. The fourth-order valence-electron chi connectivity index (χ4n) is 2.87. The van der Waals surface area contributed by atoms with Gasteiger partial charge in [0.15, 0.2) is 11.6 Å². The molecule has 0 spiro atoms. The van der Waals surface area contributed by atoms with E-state index in [0.717, 1.165) is 25.2 Å². The van der Waals surface area contributed by atoms with Gasteiger partial charge in [-0.1, -0.05) is 11.6 Å². The first kappa shape index (κ1) is 19.1. The molecule has 4 nitrogen and oxygen atoms in total. The van der Waals surface area contributed by atoms with Gasteiger partial charge in [0.2, 0.25) is 0 Å². The quantitative estimate of drug-likeness (QED) is 0.838. The van der Waals surface area contributed by atoms with Crippen LogP contribution in [0.5, 0.6) is 0 Å². The van der Waals surface area contributed by atoms with E-state index in [1.807, 2.05) is 27.7 Å². The fraction of sp³-hybridized carbons (Fsp3) is 0.588. The number of benzene rings is 1. The molecule has 1 aromatic rings. The van der Waals surface area contributed by atoms with Gasteiger partial charge in [-0.05, 0) is 39.8 Å². The maximum Gasteiger partial charge on any atom is 0.252 e. The van der Waals surface area contributed by atoms with Crippen LogP contribution < -0.4 is 5.32 Å². The van der Waals surface area contributed by atoms with E-state index in [2.05, 4.69) is 10.2 Å². The van der Waals surface area contributed by atoms with E-state index in [1.165, 1.54) is 0 Å². The Morgan fingerprint density at radius 2 is 1.83 bits per heavy atom. The number of nitrogens with zero attached hydrogens (tertiary/aromatic N) is 1. The number of nitrogens with one attached hydrogen (secondary N) is 1. The van der Waals surface area contributed by atoms with E-state index in [0.29, 0.717) is 6.54 Å². The first-order valence-corrected chi connectivity index (χ1v) is 8.31. The number of hydrogen-bond donors (Lipinski definition) is 1. The molecule has 134 valence electrons. The minimum absolute atomic E-state index is 0.0740. The van der Waals surface area contributed by atoms with Crippen LogP contribution in [0.15, 0.2) is 12.1 Å². The van der Waals surface area contributed by atoms with Crippen LogP contribution in [0, 0.1) is 11.6 Å². The molecule has 0 radical (unpaired) electrons. The average Bonchev–Trinajstić information content (AvgIpc) is 2.47. The number of hydrogen-bond acceptors (Lipinski definition) is 3. The first-order valence-electron chi connectivity index (χ1n) is 7.93. The Bertz CT molecular complexity index is 615. The van der Waals surface area contributed by atoms with Gasteiger partial charge in [0.1, 0.15) is 0 Å². The van der Waals surface area contributed by atoms with Crippen molar-refractivity contribution >= 4 is 17.5 Å². The molecule has 1 N–H and O–H groups in total. The third-order valence-electron chi connectivity index (χ3n) is 4.21. The lowest BCUT2D eigenvalue weighted by atomic mass is 10.00. The van der Waals surface area contributed by atoms with E-state index in [4.69, 9.17) is 16.3 Å². The lowest BCUT2D eigenvalue weighted by molar-refractivity contribution is -0.0948. The van der Waals surface area contributed by atoms with Crippen molar-refractivity contribution < 1.29 is 18.3 Å². The van der Waals surface area contributed by atoms with Crippen LogP contribution in [0.25, 0.3) is 0 Å². The van der Waals surface area contributed by atoms with Gasteiger partial charge in [-0.3, -0.25) is 9.69 Å². The fourth-order valence-corrected chi connectivity index (χ4v) is 3.11. The van der Waals surface area contributed by atoms with Crippen molar-refractivity contribution in [3.05, 3.63) is 34.4 Å². The summed E-state index contributed by atoms with van der Waals surface area (Å²) >= 11 is 5.84. The summed E-state index contributed by atoms with van der Waals surface area (Å²) in [6.07, 6.45) is 0.230. The lowest BCUT2D eigenvalue weighted by Crippen LogP contribution is -2.58. The summed E-state index contributed by atoms with van der Waals surface area (Å²) in [6.45, 7) is 9.94. The predicted octanol–water partition coefficient (Wildman–Crippen LogP) is 3.24. The number of carbonyl (C=O) groups excluding carboxylic acids is 1. The number of ether oxygens (including phenoxy) is 1. The molecule has 0 aliphatic carbocycles. The van der Waals surface area contributed by atoms with Crippen LogP contribution in [0.3, 0.4) is 0 Å². The first-order chi connectivity index (χ1) is 11.1. The van der Waals surface area contributed by atoms with E-state index in [9.17, 15) is 13.6 Å². The monoisotopic (exact) mass is 360 g/mol. The molecule has 0 aromatic heterocycles. The number of morpholine rings is 1. The van der Waals surface area contributed by atoms with E-state index >= 15 is 0 Å². The molecule has 1 aliphatic heterocycles. The number of carbonyl (C=O) groups is 1. The summed E-state index contributed by atoms with van der Waals surface area (Å²) in [5.41, 5.74) is -0.386. The van der Waals surface area contributed by atoms with Gasteiger partial charge in [0.05, 0.1) is 22.8 Å². The Kier molecular flexibility index (Phi) is 5.83. The average molecular weight is 361 g/mol. The normalized spacial score (nSPS) is 22.5. The zero-order valence-electron chi connectivity index (χ0n) is 14.3. The Morgan fingerprint density at radius 3 is 2.42 bits per heavy atom. The van der Waals surface area contributed by atoms with Crippen molar-refractivity contribution in [1.29, 1.82) is 0 Å². The van der Waals surface area contributed by atoms with Gasteiger partial charge in [0, 0.05) is 25.2 Å². The molecule has 1 amide bonds. The van der Waals surface area contributed by atoms with Crippen LogP contribution in [-0.4, -0.2) is 48.2 Å². The van der Waals surface area contributed by atoms with Gasteiger partial charge in [-0.15, -0.1) is 0 Å². The molecule has 1 fully saturated rings. The van der Waals surface area contributed by atoms with Crippen molar-refractivity contribution in [2.75, 3.05) is 19.6 Å². The Labute approximate surface area is 146 Å². The van der Waals surface area contributed by atoms with Crippen LogP contribution in [0.4, 0.5) is 8.78 Å². The highest BCUT2D eigenvalue weighted by Gasteiger charge is 2.33. The Balaban J connectivity index is 2.03. The largest absolute Gasteiger partial charge is 0.373 e. The van der Waals surface area contributed by atoms with E-state index in [1.54, 1.807) is 0 Å². The molecule has 0 bridgehead atoms. The van der Waals surface area contributed by atoms with Crippen LogP contribution in [0.2, 0.25) is 5.02 Å². The van der Waals surface area contributed by atoms with E-state index in [-0.39, 0.29) is 28.3 Å². The second kappa shape index (κ2) is 7.33. The van der Waals surface area contributed by atoms with Gasteiger partial charge < -0.3 is 10.1 Å². The highest BCUT2D eigenvalue weighted by Crippen LogP contribution is 2.22. The lowest BCUT2D eigenvalue weighted by Gasteiger charge is -2.45. The summed E-state index contributed by atoms with van der Waals surface area (Å²) in [4.78, 5) is 14.5. The maximum atomic E-state index is 13.3. The van der Waals surface area contributed by atoms with Crippen molar-refractivity contribution in [2.45, 2.75) is 45.4 Å². The zero-order valence-corrected chi connectivity index (χ0v) is 15.1. The molecule has 1 saturated heterocycles. The van der Waals surface area contributed by atoms with Crippen molar-refractivity contribution in [1.82, 2.24) is 10.2 Å². The molecule has 1 aliphatic rings. The molecule has 2 rings (SSSR count). The summed E-state index contributed by atoms with van der Waals surface area (Å²) in [7, 11) is 0. The molecule has 1 heterocycles. The van der Waals surface area contributed by atoms with E-state index < -0.39 is 17.5 Å². The summed E-state index contributed by atoms with van der Waals surface area (Å²) in [5, 5.41) is 2.65. The summed E-state index contributed by atoms with van der Waals surface area (Å²) < 4.78 is 32.2. The van der Waals surface area contributed by atoms with Crippen molar-refractivity contribution in [2.24, 2.45) is 0 Å². The third kappa shape index (κ3) is 4.43. The van der Waals surface area contributed by atoms with Crippen LogP contribution in [0.1, 0.15) is 38.1 Å². The molecular weight excluding hydrogens is 338 g/mol. The standard InChI is InChI=1S/C17H23ClF2N2O2/c1-10-7-22(8-11(2)24-10)17(3,4)9-21-16(23)12-5-14(19)15(20)6-13(12)18/h5-6,10-11H,7-9H2,1-4H3,(H,21,23)/t10-,11+. The van der Waals surface area contributed by atoms with Crippen LogP contribution in [-0.2, 0) is 4.74 Å². The smallest absolute Gasteiger partial charge is 0.252 e. The number of halogens is 3. The highest BCUT2D eigenvalue weighted by molar-refractivity contribution is 6.33. The summed E-state index contributed by atoms with van der Waals surface area (Å²) in [5.74, 6) is -2.70. The zero-order chi connectivity index (χ0) is 18.1. The number of rotatable bonds is 4. The Morgan fingerprint density at radius 1 is 1.29 bits per heavy atom. The van der Waals surface area contributed by atoms with Gasteiger partial charge >= 0.3 is 0 Å². The molecular formula is C17H23ClF2N2O2.